The van der Waals surface area contributed by atoms with Crippen LogP contribution in [0.5, 0.6) is 0 Å². The SMILES string of the molecule is CC1=Nc2ccnn2C(c2ccc(Cl)c(Cl)c2)C1C(=O)NCC(=O)c1ccccc1. The molecule has 2 aromatic carbocycles. The van der Waals surface area contributed by atoms with E-state index in [0.29, 0.717) is 27.1 Å². The molecular weight excluding hydrogens is 423 g/mol. The summed E-state index contributed by atoms with van der Waals surface area (Å²) in [6.07, 6.45) is 1.63. The van der Waals surface area contributed by atoms with E-state index in [9.17, 15) is 9.59 Å². The van der Waals surface area contributed by atoms with Crippen LogP contribution in [0, 0.1) is 5.92 Å². The summed E-state index contributed by atoms with van der Waals surface area (Å²) in [5.41, 5.74) is 1.95. The van der Waals surface area contributed by atoms with Crippen molar-refractivity contribution in [3.8, 4) is 0 Å². The maximum absolute atomic E-state index is 13.2. The third kappa shape index (κ3) is 3.88. The highest BCUT2D eigenvalue weighted by molar-refractivity contribution is 6.42. The Morgan fingerprint density at radius 1 is 1.07 bits per heavy atom. The number of fused-ring (bicyclic) bond motifs is 1. The number of hydrogen-bond acceptors (Lipinski definition) is 4. The quantitative estimate of drug-likeness (QED) is 0.593. The van der Waals surface area contributed by atoms with Crippen molar-refractivity contribution in [1.29, 1.82) is 0 Å². The molecule has 2 heterocycles. The monoisotopic (exact) mass is 440 g/mol. The van der Waals surface area contributed by atoms with Gasteiger partial charge in [0.15, 0.2) is 11.6 Å². The number of hydrogen-bond donors (Lipinski definition) is 1. The van der Waals surface area contributed by atoms with Crippen molar-refractivity contribution >= 4 is 46.4 Å². The van der Waals surface area contributed by atoms with E-state index < -0.39 is 12.0 Å². The molecular formula is C22H18Cl2N4O2. The third-order valence-electron chi connectivity index (χ3n) is 5.06. The lowest BCUT2D eigenvalue weighted by Gasteiger charge is -2.31. The summed E-state index contributed by atoms with van der Waals surface area (Å²) in [5, 5.41) is 7.94. The van der Waals surface area contributed by atoms with Crippen molar-refractivity contribution in [2.75, 3.05) is 6.54 Å². The summed E-state index contributed by atoms with van der Waals surface area (Å²) in [4.78, 5) is 30.1. The Kier molecular flexibility index (Phi) is 5.70. The minimum atomic E-state index is -0.654. The second-order valence-electron chi connectivity index (χ2n) is 6.99. The summed E-state index contributed by atoms with van der Waals surface area (Å²) >= 11 is 12.3. The Hall–Kier alpha value is -2.96. The number of carbonyl (C=O) groups excluding carboxylic acids is 2. The number of benzene rings is 2. The summed E-state index contributed by atoms with van der Waals surface area (Å²) in [6.45, 7) is 1.69. The van der Waals surface area contributed by atoms with Crippen molar-refractivity contribution in [3.05, 3.63) is 82.0 Å². The standard InChI is InChI=1S/C22H18Cl2N4O2/c1-13-20(22(30)25-12-18(29)14-5-3-2-4-6-14)21(28-19(27-13)9-10-26-28)15-7-8-16(23)17(24)11-15/h2-11,20-21H,12H2,1H3,(H,25,30). The first kappa shape index (κ1) is 20.3. The smallest absolute Gasteiger partial charge is 0.231 e. The fourth-order valence-electron chi connectivity index (χ4n) is 3.60. The van der Waals surface area contributed by atoms with E-state index in [0.717, 1.165) is 5.56 Å². The zero-order chi connectivity index (χ0) is 21.3. The Morgan fingerprint density at radius 3 is 2.57 bits per heavy atom. The number of halogens is 2. The van der Waals surface area contributed by atoms with Gasteiger partial charge in [-0.15, -0.1) is 0 Å². The Morgan fingerprint density at radius 2 is 1.83 bits per heavy atom. The summed E-state index contributed by atoms with van der Waals surface area (Å²) in [5.74, 6) is -0.482. The maximum Gasteiger partial charge on any atom is 0.231 e. The first-order valence-corrected chi connectivity index (χ1v) is 10.1. The number of aromatic nitrogens is 2. The second kappa shape index (κ2) is 8.42. The van der Waals surface area contributed by atoms with Gasteiger partial charge < -0.3 is 5.32 Å². The van der Waals surface area contributed by atoms with E-state index in [1.165, 1.54) is 0 Å². The summed E-state index contributed by atoms with van der Waals surface area (Å²) < 4.78 is 1.69. The van der Waals surface area contributed by atoms with Gasteiger partial charge in [0.25, 0.3) is 0 Å². The molecule has 1 aromatic heterocycles. The van der Waals surface area contributed by atoms with E-state index in [-0.39, 0.29) is 18.2 Å². The van der Waals surface area contributed by atoms with E-state index in [2.05, 4.69) is 15.4 Å². The van der Waals surface area contributed by atoms with Crippen LogP contribution in [0.1, 0.15) is 28.9 Å². The molecule has 0 saturated carbocycles. The molecule has 0 bridgehead atoms. The molecule has 0 radical (unpaired) electrons. The first-order chi connectivity index (χ1) is 14.5. The molecule has 0 spiro atoms. The van der Waals surface area contributed by atoms with Gasteiger partial charge in [-0.25, -0.2) is 9.67 Å². The fraction of sp³-hybridized carbons (Fsp3) is 0.182. The van der Waals surface area contributed by atoms with Crippen molar-refractivity contribution in [2.45, 2.75) is 13.0 Å². The topological polar surface area (TPSA) is 76.3 Å². The third-order valence-corrected chi connectivity index (χ3v) is 5.80. The van der Waals surface area contributed by atoms with E-state index in [1.807, 2.05) is 12.1 Å². The largest absolute Gasteiger partial charge is 0.348 e. The van der Waals surface area contributed by atoms with Crippen LogP contribution in [0.25, 0.3) is 0 Å². The van der Waals surface area contributed by atoms with Gasteiger partial charge >= 0.3 is 0 Å². The molecule has 1 aliphatic rings. The molecule has 1 amide bonds. The lowest BCUT2D eigenvalue weighted by Crippen LogP contribution is -2.43. The molecule has 0 saturated heterocycles. The average molecular weight is 441 g/mol. The summed E-state index contributed by atoms with van der Waals surface area (Å²) in [6, 6.07) is 15.4. The molecule has 0 aliphatic carbocycles. The van der Waals surface area contributed by atoms with Gasteiger partial charge in [-0.3, -0.25) is 9.59 Å². The van der Waals surface area contributed by atoms with Crippen LogP contribution in [-0.2, 0) is 4.79 Å². The van der Waals surface area contributed by atoms with Gasteiger partial charge in [0.2, 0.25) is 5.91 Å². The second-order valence-corrected chi connectivity index (χ2v) is 7.80. The van der Waals surface area contributed by atoms with Crippen molar-refractivity contribution < 1.29 is 9.59 Å². The Bertz CT molecular complexity index is 1140. The highest BCUT2D eigenvalue weighted by Crippen LogP contribution is 2.38. The van der Waals surface area contributed by atoms with Gasteiger partial charge in [-0.2, -0.15) is 5.10 Å². The molecule has 0 fully saturated rings. The lowest BCUT2D eigenvalue weighted by atomic mass is 9.87. The normalized spacial score (nSPS) is 17.8. The fourth-order valence-corrected chi connectivity index (χ4v) is 3.90. The zero-order valence-corrected chi connectivity index (χ0v) is 17.6. The van der Waals surface area contributed by atoms with Crippen LogP contribution in [0.2, 0.25) is 10.0 Å². The predicted octanol–water partition coefficient (Wildman–Crippen LogP) is 4.50. The molecule has 1 aliphatic heterocycles. The molecule has 2 unspecified atom stereocenters. The lowest BCUT2D eigenvalue weighted by molar-refractivity contribution is -0.123. The van der Waals surface area contributed by atoms with Gasteiger partial charge in [0.05, 0.1) is 28.8 Å². The van der Waals surface area contributed by atoms with Crippen LogP contribution in [0.4, 0.5) is 5.82 Å². The highest BCUT2D eigenvalue weighted by atomic mass is 35.5. The van der Waals surface area contributed by atoms with Crippen LogP contribution in [-0.4, -0.2) is 33.7 Å². The van der Waals surface area contributed by atoms with Crippen LogP contribution >= 0.6 is 23.2 Å². The van der Waals surface area contributed by atoms with Gasteiger partial charge in [0.1, 0.15) is 5.92 Å². The van der Waals surface area contributed by atoms with E-state index in [1.54, 1.807) is 60.3 Å². The minimum absolute atomic E-state index is 0.104. The minimum Gasteiger partial charge on any atom is -0.348 e. The molecule has 4 rings (SSSR count). The number of nitrogens with one attached hydrogen (secondary N) is 1. The average Bonchev–Trinajstić information content (AvgIpc) is 3.21. The predicted molar refractivity (Wildman–Crippen MR) is 117 cm³/mol. The summed E-state index contributed by atoms with van der Waals surface area (Å²) in [7, 11) is 0. The van der Waals surface area contributed by atoms with E-state index >= 15 is 0 Å². The first-order valence-electron chi connectivity index (χ1n) is 9.35. The maximum atomic E-state index is 13.2. The Balaban J connectivity index is 1.63. The highest BCUT2D eigenvalue weighted by Gasteiger charge is 2.38. The number of aliphatic imine (C=N–C) groups is 1. The van der Waals surface area contributed by atoms with Crippen molar-refractivity contribution in [2.24, 2.45) is 10.9 Å². The molecule has 3 aromatic rings. The van der Waals surface area contributed by atoms with Crippen LogP contribution in [0.15, 0.2) is 65.8 Å². The zero-order valence-electron chi connectivity index (χ0n) is 16.0. The van der Waals surface area contributed by atoms with Gasteiger partial charge in [0, 0.05) is 17.3 Å². The van der Waals surface area contributed by atoms with Gasteiger partial charge in [-0.05, 0) is 24.6 Å². The molecule has 30 heavy (non-hydrogen) atoms. The van der Waals surface area contributed by atoms with Gasteiger partial charge in [-0.1, -0.05) is 59.6 Å². The number of carbonyl (C=O) groups is 2. The van der Waals surface area contributed by atoms with E-state index in [4.69, 9.17) is 23.2 Å². The molecule has 2 atom stereocenters. The number of ketones is 1. The van der Waals surface area contributed by atoms with Crippen LogP contribution in [0.3, 0.4) is 0 Å². The van der Waals surface area contributed by atoms with Crippen molar-refractivity contribution in [1.82, 2.24) is 15.1 Å². The number of nitrogens with zero attached hydrogens (tertiary/aromatic N) is 3. The van der Waals surface area contributed by atoms with Crippen molar-refractivity contribution in [3.63, 3.8) is 0 Å². The number of rotatable bonds is 5. The molecule has 152 valence electrons. The Labute approximate surface area is 183 Å². The number of Topliss-reactive ketones (excluding diaryl/α,β-unsaturated/α-hetero) is 1. The molecule has 6 nitrogen and oxygen atoms in total. The molecule has 8 heteroatoms. The van der Waals surface area contributed by atoms with Crippen LogP contribution < -0.4 is 5.32 Å². The molecule has 1 N–H and O–H groups in total. The number of amides is 1.